The molecule has 1 aromatic carbocycles. The lowest BCUT2D eigenvalue weighted by molar-refractivity contribution is 1.13. The van der Waals surface area contributed by atoms with E-state index in [1.54, 1.807) is 18.6 Å². The average Bonchev–Trinajstić information content (AvgIpc) is 2.46. The van der Waals surface area contributed by atoms with Crippen molar-refractivity contribution in [1.82, 2.24) is 9.97 Å². The van der Waals surface area contributed by atoms with Crippen LogP contribution in [0.2, 0.25) is 5.02 Å². The molecule has 3 rings (SSSR count). The highest BCUT2D eigenvalue weighted by atomic mass is 35.5. The van der Waals surface area contributed by atoms with Gasteiger partial charge in [0.25, 0.3) is 0 Å². The molecule has 1 N–H and O–H groups in total. The van der Waals surface area contributed by atoms with Crippen LogP contribution in [-0.2, 0) is 6.54 Å². The van der Waals surface area contributed by atoms with Crippen molar-refractivity contribution in [3.63, 3.8) is 0 Å². The highest BCUT2D eigenvalue weighted by molar-refractivity contribution is 6.31. The second-order valence-corrected chi connectivity index (χ2v) is 4.67. The molecule has 0 aliphatic carbocycles. The maximum atomic E-state index is 6.04. The van der Waals surface area contributed by atoms with Crippen molar-refractivity contribution < 1.29 is 0 Å². The first-order chi connectivity index (χ1) is 9.33. The standard InChI is InChI=1S/C15H12ClN3/c16-12-1-2-14-13(9-12)15(5-8-18-14)19-10-11-3-6-17-7-4-11/h1-9H,10H2,(H,18,19). The van der Waals surface area contributed by atoms with Crippen molar-refractivity contribution >= 4 is 28.2 Å². The molecular weight excluding hydrogens is 258 g/mol. The molecule has 4 heteroatoms. The molecular formula is C15H12ClN3. The van der Waals surface area contributed by atoms with Gasteiger partial charge in [0.15, 0.2) is 0 Å². The highest BCUT2D eigenvalue weighted by Gasteiger charge is 2.02. The molecule has 0 unspecified atom stereocenters. The number of pyridine rings is 2. The Morgan fingerprint density at radius 2 is 1.84 bits per heavy atom. The Balaban J connectivity index is 1.90. The molecule has 0 spiro atoms. The summed E-state index contributed by atoms with van der Waals surface area (Å²) in [7, 11) is 0. The Hall–Kier alpha value is -2.13. The average molecular weight is 270 g/mol. The number of aromatic nitrogens is 2. The van der Waals surface area contributed by atoms with Crippen molar-refractivity contribution in [3.05, 3.63) is 65.6 Å². The molecule has 0 saturated carbocycles. The fourth-order valence-corrected chi connectivity index (χ4v) is 2.14. The molecule has 3 nitrogen and oxygen atoms in total. The number of anilines is 1. The summed E-state index contributed by atoms with van der Waals surface area (Å²) in [5, 5.41) is 5.15. The lowest BCUT2D eigenvalue weighted by Crippen LogP contribution is -2.00. The molecule has 0 radical (unpaired) electrons. The lowest BCUT2D eigenvalue weighted by atomic mass is 10.2. The summed E-state index contributed by atoms with van der Waals surface area (Å²) < 4.78 is 0. The normalized spacial score (nSPS) is 10.6. The Labute approximate surface area is 116 Å². The van der Waals surface area contributed by atoms with Gasteiger partial charge in [0.2, 0.25) is 0 Å². The summed E-state index contributed by atoms with van der Waals surface area (Å²) in [6.45, 7) is 0.744. The number of nitrogens with zero attached hydrogens (tertiary/aromatic N) is 2. The Morgan fingerprint density at radius 3 is 2.68 bits per heavy atom. The summed E-state index contributed by atoms with van der Waals surface area (Å²) in [5.74, 6) is 0. The van der Waals surface area contributed by atoms with Gasteiger partial charge in [-0.2, -0.15) is 0 Å². The van der Waals surface area contributed by atoms with Gasteiger partial charge in [-0.25, -0.2) is 0 Å². The highest BCUT2D eigenvalue weighted by Crippen LogP contribution is 2.25. The second-order valence-electron chi connectivity index (χ2n) is 4.23. The first-order valence-corrected chi connectivity index (χ1v) is 6.38. The fourth-order valence-electron chi connectivity index (χ4n) is 1.97. The van der Waals surface area contributed by atoms with Gasteiger partial charge in [0, 0.05) is 41.2 Å². The van der Waals surface area contributed by atoms with E-state index >= 15 is 0 Å². The quantitative estimate of drug-likeness (QED) is 0.784. The van der Waals surface area contributed by atoms with Gasteiger partial charge in [-0.3, -0.25) is 9.97 Å². The number of hydrogen-bond donors (Lipinski definition) is 1. The lowest BCUT2D eigenvalue weighted by Gasteiger charge is -2.09. The maximum Gasteiger partial charge on any atom is 0.0723 e. The van der Waals surface area contributed by atoms with Gasteiger partial charge in [0.1, 0.15) is 0 Å². The van der Waals surface area contributed by atoms with E-state index in [1.807, 2.05) is 36.4 Å². The van der Waals surface area contributed by atoms with Crippen LogP contribution in [-0.4, -0.2) is 9.97 Å². The van der Waals surface area contributed by atoms with Crippen LogP contribution >= 0.6 is 11.6 Å². The SMILES string of the molecule is Clc1ccc2nccc(NCc3ccncc3)c2c1. The molecule has 2 aromatic heterocycles. The summed E-state index contributed by atoms with van der Waals surface area (Å²) in [4.78, 5) is 8.34. The first kappa shape index (κ1) is 11.9. The molecule has 0 aliphatic heterocycles. The molecule has 0 atom stereocenters. The fraction of sp³-hybridized carbons (Fsp3) is 0.0667. The Bertz CT molecular complexity index is 698. The molecule has 0 fully saturated rings. The number of halogens is 1. The summed E-state index contributed by atoms with van der Waals surface area (Å²) in [6.07, 6.45) is 5.38. The molecule has 0 aliphatic rings. The maximum absolute atomic E-state index is 6.04. The number of benzene rings is 1. The molecule has 0 bridgehead atoms. The van der Waals surface area contributed by atoms with Crippen molar-refractivity contribution in [3.8, 4) is 0 Å². The van der Waals surface area contributed by atoms with Gasteiger partial charge in [0.05, 0.1) is 5.52 Å². The third kappa shape index (κ3) is 2.66. The minimum atomic E-state index is 0.715. The topological polar surface area (TPSA) is 37.8 Å². The predicted molar refractivity (Wildman–Crippen MR) is 78.3 cm³/mol. The van der Waals surface area contributed by atoms with Gasteiger partial charge >= 0.3 is 0 Å². The van der Waals surface area contributed by atoms with Gasteiger partial charge < -0.3 is 5.32 Å². The second kappa shape index (κ2) is 5.24. The third-order valence-corrected chi connectivity index (χ3v) is 3.17. The van der Waals surface area contributed by atoms with Crippen molar-refractivity contribution in [2.45, 2.75) is 6.54 Å². The van der Waals surface area contributed by atoms with E-state index in [2.05, 4.69) is 15.3 Å². The number of nitrogens with one attached hydrogen (secondary N) is 1. The van der Waals surface area contributed by atoms with Crippen LogP contribution in [0.15, 0.2) is 55.0 Å². The molecule has 94 valence electrons. The molecule has 2 heterocycles. The largest absolute Gasteiger partial charge is 0.380 e. The third-order valence-electron chi connectivity index (χ3n) is 2.94. The zero-order valence-corrected chi connectivity index (χ0v) is 10.9. The van der Waals surface area contributed by atoms with Crippen LogP contribution < -0.4 is 5.32 Å². The minimum absolute atomic E-state index is 0.715. The molecule has 3 aromatic rings. The van der Waals surface area contributed by atoms with Crippen LogP contribution in [0.4, 0.5) is 5.69 Å². The first-order valence-electron chi connectivity index (χ1n) is 6.00. The predicted octanol–water partition coefficient (Wildman–Crippen LogP) is 3.90. The summed E-state index contributed by atoms with van der Waals surface area (Å²) in [5.41, 5.74) is 3.15. The van der Waals surface area contributed by atoms with Gasteiger partial charge in [-0.15, -0.1) is 0 Å². The van der Waals surface area contributed by atoms with Crippen LogP contribution in [0.3, 0.4) is 0 Å². The summed E-state index contributed by atoms with van der Waals surface area (Å²) in [6, 6.07) is 11.6. The zero-order valence-electron chi connectivity index (χ0n) is 10.2. The van der Waals surface area contributed by atoms with E-state index in [4.69, 9.17) is 11.6 Å². The molecule has 19 heavy (non-hydrogen) atoms. The van der Waals surface area contributed by atoms with Gasteiger partial charge in [-0.05, 0) is 42.0 Å². The number of fused-ring (bicyclic) bond motifs is 1. The molecule has 0 amide bonds. The van der Waals surface area contributed by atoms with Crippen LogP contribution in [0.5, 0.6) is 0 Å². The Morgan fingerprint density at radius 1 is 1.00 bits per heavy atom. The van der Waals surface area contributed by atoms with E-state index in [1.165, 1.54) is 5.56 Å². The van der Waals surface area contributed by atoms with Crippen molar-refractivity contribution in [2.24, 2.45) is 0 Å². The zero-order chi connectivity index (χ0) is 13.1. The van der Waals surface area contributed by atoms with E-state index in [0.29, 0.717) is 5.02 Å². The van der Waals surface area contributed by atoms with E-state index in [-0.39, 0.29) is 0 Å². The van der Waals surface area contributed by atoms with Gasteiger partial charge in [-0.1, -0.05) is 11.6 Å². The smallest absolute Gasteiger partial charge is 0.0723 e. The van der Waals surface area contributed by atoms with Crippen LogP contribution in [0, 0.1) is 0 Å². The Kier molecular flexibility index (Phi) is 3.29. The van der Waals surface area contributed by atoms with Crippen molar-refractivity contribution in [2.75, 3.05) is 5.32 Å². The number of rotatable bonds is 3. The van der Waals surface area contributed by atoms with E-state index < -0.39 is 0 Å². The van der Waals surface area contributed by atoms with Crippen LogP contribution in [0.1, 0.15) is 5.56 Å². The number of hydrogen-bond acceptors (Lipinski definition) is 3. The van der Waals surface area contributed by atoms with Crippen molar-refractivity contribution in [1.29, 1.82) is 0 Å². The van der Waals surface area contributed by atoms with E-state index in [0.717, 1.165) is 23.1 Å². The minimum Gasteiger partial charge on any atom is -0.380 e. The molecule has 0 saturated heterocycles. The summed E-state index contributed by atoms with van der Waals surface area (Å²) >= 11 is 6.04. The van der Waals surface area contributed by atoms with E-state index in [9.17, 15) is 0 Å². The van der Waals surface area contributed by atoms with Crippen LogP contribution in [0.25, 0.3) is 10.9 Å². The monoisotopic (exact) mass is 269 g/mol.